The molecule has 3 rings (SSSR count). The lowest BCUT2D eigenvalue weighted by Crippen LogP contribution is -2.31. The molecule has 0 spiro atoms. The highest BCUT2D eigenvalue weighted by molar-refractivity contribution is 5.81. The van der Waals surface area contributed by atoms with Gasteiger partial charge in [-0.05, 0) is 40.3 Å². The zero-order valence-electron chi connectivity index (χ0n) is 13.6. The lowest BCUT2D eigenvalue weighted by Gasteiger charge is -2.29. The van der Waals surface area contributed by atoms with Gasteiger partial charge in [0, 0.05) is 18.9 Å². The van der Waals surface area contributed by atoms with Crippen LogP contribution in [0.3, 0.4) is 0 Å². The largest absolute Gasteiger partial charge is 0.493 e. The van der Waals surface area contributed by atoms with Gasteiger partial charge in [0.1, 0.15) is 5.78 Å². The third-order valence-corrected chi connectivity index (χ3v) is 4.25. The summed E-state index contributed by atoms with van der Waals surface area (Å²) < 4.78 is 15.2. The molecule has 0 saturated heterocycles. The Morgan fingerprint density at radius 1 is 1.21 bits per heavy atom. The van der Waals surface area contributed by atoms with E-state index in [0.29, 0.717) is 30.2 Å². The molecule has 0 radical (unpaired) electrons. The summed E-state index contributed by atoms with van der Waals surface area (Å²) in [4.78, 5) is 12.2. The van der Waals surface area contributed by atoms with Crippen molar-refractivity contribution >= 4 is 17.4 Å². The van der Waals surface area contributed by atoms with E-state index in [1.807, 2.05) is 18.2 Å². The zero-order chi connectivity index (χ0) is 17.1. The molecular formula is C16H20N4O4. The van der Waals surface area contributed by atoms with Crippen LogP contribution in [-0.2, 0) is 4.79 Å². The van der Waals surface area contributed by atoms with Gasteiger partial charge >= 0.3 is 0 Å². The number of benzene rings is 1. The van der Waals surface area contributed by atoms with Crippen molar-refractivity contribution in [3.63, 3.8) is 0 Å². The standard InChI is InChI=1S/C16H20N4O4/c1-22-13-4-3-9(7-14(13)23-2)10-5-11(8-12(21)6-10)18-16-15(17)19-24-20-16/h3-4,7,10-11H,5-6,8H2,1-2H3,(H2,17,19)(H,18,20)/t10-,11-/m1/s1. The number of Topliss-reactive ketones (excluding diaryl/α,β-unsaturated/α-hetero) is 1. The highest BCUT2D eigenvalue weighted by Gasteiger charge is 2.30. The van der Waals surface area contributed by atoms with E-state index in [0.717, 1.165) is 12.0 Å². The minimum atomic E-state index is -0.0708. The smallest absolute Gasteiger partial charge is 0.215 e. The molecule has 1 heterocycles. The molecule has 0 unspecified atom stereocenters. The fourth-order valence-electron chi connectivity index (χ4n) is 3.10. The molecule has 3 N–H and O–H groups in total. The summed E-state index contributed by atoms with van der Waals surface area (Å²) in [5.74, 6) is 2.16. The van der Waals surface area contributed by atoms with Crippen molar-refractivity contribution in [2.24, 2.45) is 0 Å². The summed E-state index contributed by atoms with van der Waals surface area (Å²) in [7, 11) is 3.19. The van der Waals surface area contributed by atoms with Crippen LogP contribution in [0.4, 0.5) is 11.6 Å². The number of anilines is 2. The van der Waals surface area contributed by atoms with Crippen molar-refractivity contribution in [2.75, 3.05) is 25.3 Å². The van der Waals surface area contributed by atoms with E-state index < -0.39 is 0 Å². The zero-order valence-corrected chi connectivity index (χ0v) is 13.6. The van der Waals surface area contributed by atoms with Crippen molar-refractivity contribution in [3.05, 3.63) is 23.8 Å². The van der Waals surface area contributed by atoms with Gasteiger partial charge < -0.3 is 20.5 Å². The van der Waals surface area contributed by atoms with Gasteiger partial charge in [-0.15, -0.1) is 0 Å². The van der Waals surface area contributed by atoms with Gasteiger partial charge in [0.15, 0.2) is 11.5 Å². The Hall–Kier alpha value is -2.77. The molecule has 0 aliphatic heterocycles. The second kappa shape index (κ2) is 6.77. The van der Waals surface area contributed by atoms with E-state index in [2.05, 4.69) is 20.3 Å². The molecule has 0 amide bonds. The molecule has 1 aliphatic rings. The fraction of sp³-hybridized carbons (Fsp3) is 0.438. The number of nitrogens with one attached hydrogen (secondary N) is 1. The van der Waals surface area contributed by atoms with Crippen LogP contribution in [0.2, 0.25) is 0 Å². The topological polar surface area (TPSA) is 112 Å². The Bertz CT molecular complexity index is 731. The van der Waals surface area contributed by atoms with Crippen LogP contribution < -0.4 is 20.5 Å². The van der Waals surface area contributed by atoms with Crippen LogP contribution in [0.15, 0.2) is 22.8 Å². The Labute approximate surface area is 139 Å². The summed E-state index contributed by atoms with van der Waals surface area (Å²) in [6, 6.07) is 5.67. The van der Waals surface area contributed by atoms with Crippen LogP contribution in [0, 0.1) is 0 Å². The first-order chi connectivity index (χ1) is 11.6. The maximum Gasteiger partial charge on any atom is 0.215 e. The first kappa shape index (κ1) is 16.1. The second-order valence-electron chi connectivity index (χ2n) is 5.83. The fourth-order valence-corrected chi connectivity index (χ4v) is 3.10. The van der Waals surface area contributed by atoms with Gasteiger partial charge in [-0.25, -0.2) is 4.63 Å². The first-order valence-electron chi connectivity index (χ1n) is 7.69. The van der Waals surface area contributed by atoms with Crippen LogP contribution >= 0.6 is 0 Å². The molecule has 1 aliphatic carbocycles. The Kier molecular flexibility index (Phi) is 4.54. The van der Waals surface area contributed by atoms with Crippen molar-refractivity contribution in [2.45, 2.75) is 31.2 Å². The van der Waals surface area contributed by atoms with Crippen LogP contribution in [0.1, 0.15) is 30.7 Å². The van der Waals surface area contributed by atoms with E-state index in [1.54, 1.807) is 14.2 Å². The number of carbonyl (C=O) groups excluding carboxylic acids is 1. The van der Waals surface area contributed by atoms with Crippen molar-refractivity contribution in [1.29, 1.82) is 0 Å². The highest BCUT2D eigenvalue weighted by atomic mass is 16.6. The SMILES string of the molecule is COc1ccc([C@H]2CC(=O)C[C@H](Nc3nonc3N)C2)cc1OC. The molecule has 1 saturated carbocycles. The number of aromatic nitrogens is 2. The molecule has 2 atom stereocenters. The summed E-state index contributed by atoms with van der Waals surface area (Å²) >= 11 is 0. The average Bonchev–Trinajstić information content (AvgIpc) is 2.98. The quantitative estimate of drug-likeness (QED) is 0.854. The van der Waals surface area contributed by atoms with Gasteiger partial charge in [-0.1, -0.05) is 6.07 Å². The van der Waals surface area contributed by atoms with Gasteiger partial charge in [-0.3, -0.25) is 4.79 Å². The van der Waals surface area contributed by atoms with E-state index in [9.17, 15) is 4.79 Å². The third-order valence-electron chi connectivity index (χ3n) is 4.25. The van der Waals surface area contributed by atoms with Crippen LogP contribution in [0.25, 0.3) is 0 Å². The molecule has 8 nitrogen and oxygen atoms in total. The Morgan fingerprint density at radius 2 is 2.00 bits per heavy atom. The first-order valence-corrected chi connectivity index (χ1v) is 7.69. The average molecular weight is 332 g/mol. The molecule has 2 aromatic rings. The number of nitrogen functional groups attached to an aromatic ring is 1. The number of methoxy groups -OCH3 is 2. The van der Waals surface area contributed by atoms with Crippen LogP contribution in [-0.4, -0.2) is 36.4 Å². The molecular weight excluding hydrogens is 312 g/mol. The summed E-state index contributed by atoms with van der Waals surface area (Å²) in [5.41, 5.74) is 6.70. The van der Waals surface area contributed by atoms with E-state index in [-0.39, 0.29) is 23.6 Å². The molecule has 1 aromatic carbocycles. The second-order valence-corrected chi connectivity index (χ2v) is 5.83. The lowest BCUT2D eigenvalue weighted by molar-refractivity contribution is -0.120. The molecule has 0 bridgehead atoms. The number of hydrogen-bond acceptors (Lipinski definition) is 8. The minimum absolute atomic E-state index is 0.0708. The van der Waals surface area contributed by atoms with Gasteiger partial charge in [-0.2, -0.15) is 0 Å². The lowest BCUT2D eigenvalue weighted by atomic mass is 9.80. The molecule has 1 fully saturated rings. The Balaban J connectivity index is 1.78. The van der Waals surface area contributed by atoms with E-state index >= 15 is 0 Å². The minimum Gasteiger partial charge on any atom is -0.493 e. The van der Waals surface area contributed by atoms with Gasteiger partial charge in [0.05, 0.1) is 14.2 Å². The number of carbonyl (C=O) groups is 1. The predicted molar refractivity (Wildman–Crippen MR) is 87.3 cm³/mol. The maximum atomic E-state index is 12.2. The molecule has 8 heteroatoms. The third kappa shape index (κ3) is 3.27. The highest BCUT2D eigenvalue weighted by Crippen LogP contribution is 2.37. The number of hydrogen-bond donors (Lipinski definition) is 2. The molecule has 24 heavy (non-hydrogen) atoms. The number of nitrogens with zero attached hydrogens (tertiary/aromatic N) is 2. The monoisotopic (exact) mass is 332 g/mol. The van der Waals surface area contributed by atoms with Crippen LogP contribution in [0.5, 0.6) is 11.5 Å². The van der Waals surface area contributed by atoms with Crippen molar-refractivity contribution in [1.82, 2.24) is 10.3 Å². The molecule has 1 aromatic heterocycles. The number of nitrogens with two attached hydrogens (primary N) is 1. The Morgan fingerprint density at radius 3 is 2.67 bits per heavy atom. The van der Waals surface area contributed by atoms with E-state index in [1.165, 1.54) is 0 Å². The molecule has 128 valence electrons. The number of ketones is 1. The number of ether oxygens (including phenoxy) is 2. The maximum absolute atomic E-state index is 12.2. The van der Waals surface area contributed by atoms with Gasteiger partial charge in [0.25, 0.3) is 0 Å². The summed E-state index contributed by atoms with van der Waals surface area (Å²) in [5, 5.41) is 10.4. The summed E-state index contributed by atoms with van der Waals surface area (Å²) in [6.45, 7) is 0. The predicted octanol–water partition coefficient (Wildman–Crippen LogP) is 1.99. The van der Waals surface area contributed by atoms with Crippen molar-refractivity contribution < 1.29 is 18.9 Å². The van der Waals surface area contributed by atoms with Crippen molar-refractivity contribution in [3.8, 4) is 11.5 Å². The van der Waals surface area contributed by atoms with E-state index in [4.69, 9.17) is 15.2 Å². The summed E-state index contributed by atoms with van der Waals surface area (Å²) in [6.07, 6.45) is 1.70. The normalized spacial score (nSPS) is 20.7. The van der Waals surface area contributed by atoms with Gasteiger partial charge in [0.2, 0.25) is 11.6 Å². The number of rotatable bonds is 5.